The van der Waals surface area contributed by atoms with Crippen molar-refractivity contribution in [1.82, 2.24) is 20.3 Å². The maximum atomic E-state index is 4.40. The molecular formula is C10H14N4S. The van der Waals surface area contributed by atoms with E-state index in [1.54, 1.807) is 23.7 Å². The number of rotatable bonds is 2. The van der Waals surface area contributed by atoms with Gasteiger partial charge in [-0.05, 0) is 20.8 Å². The molecule has 0 unspecified atom stereocenters. The highest BCUT2D eigenvalue weighted by atomic mass is 32.1. The summed E-state index contributed by atoms with van der Waals surface area (Å²) in [6, 6.07) is 0. The first-order valence-corrected chi connectivity index (χ1v) is 5.68. The molecule has 0 saturated carbocycles. The third kappa shape index (κ3) is 2.70. The molecule has 0 radical (unpaired) electrons. The van der Waals surface area contributed by atoms with Crippen LogP contribution < -0.4 is 5.32 Å². The van der Waals surface area contributed by atoms with Gasteiger partial charge in [0.2, 0.25) is 0 Å². The summed E-state index contributed by atoms with van der Waals surface area (Å²) in [5.74, 6) is 0. The van der Waals surface area contributed by atoms with Crippen LogP contribution in [0.4, 0.5) is 0 Å². The first-order chi connectivity index (χ1) is 7.04. The Hall–Kier alpha value is -1.07. The second-order valence-corrected chi connectivity index (χ2v) is 5.46. The molecule has 0 saturated heterocycles. The molecule has 0 amide bonds. The van der Waals surface area contributed by atoms with Crippen molar-refractivity contribution in [3.05, 3.63) is 17.4 Å². The van der Waals surface area contributed by atoms with Gasteiger partial charge in [0.15, 0.2) is 10.5 Å². The van der Waals surface area contributed by atoms with Crippen molar-refractivity contribution in [1.29, 1.82) is 0 Å². The topological polar surface area (TPSA) is 50.7 Å². The van der Waals surface area contributed by atoms with Crippen LogP contribution in [0.2, 0.25) is 0 Å². The number of hydrogen-bond donors (Lipinski definition) is 1. The Balaban J connectivity index is 2.16. The van der Waals surface area contributed by atoms with Gasteiger partial charge < -0.3 is 5.32 Å². The molecule has 0 aliphatic rings. The Bertz CT molecular complexity index is 425. The molecule has 2 aromatic heterocycles. The second-order valence-electron chi connectivity index (χ2n) is 4.40. The molecule has 0 aromatic carbocycles. The van der Waals surface area contributed by atoms with E-state index in [0.717, 1.165) is 22.0 Å². The number of nitrogens with zero attached hydrogens (tertiary/aromatic N) is 3. The Morgan fingerprint density at radius 3 is 2.67 bits per heavy atom. The number of fused-ring (bicyclic) bond motifs is 1. The van der Waals surface area contributed by atoms with Crippen molar-refractivity contribution in [2.45, 2.75) is 32.9 Å². The fourth-order valence-corrected chi connectivity index (χ4v) is 1.94. The van der Waals surface area contributed by atoms with Crippen LogP contribution >= 0.6 is 11.3 Å². The molecular weight excluding hydrogens is 208 g/mol. The molecule has 0 fully saturated rings. The number of hydrogen-bond acceptors (Lipinski definition) is 5. The lowest BCUT2D eigenvalue weighted by Gasteiger charge is -2.19. The molecule has 2 aromatic rings. The van der Waals surface area contributed by atoms with Gasteiger partial charge in [0.25, 0.3) is 0 Å². The van der Waals surface area contributed by atoms with Crippen LogP contribution in [0.15, 0.2) is 12.4 Å². The van der Waals surface area contributed by atoms with E-state index in [2.05, 4.69) is 41.0 Å². The fourth-order valence-electron chi connectivity index (χ4n) is 1.14. The smallest absolute Gasteiger partial charge is 0.189 e. The van der Waals surface area contributed by atoms with Crippen LogP contribution in [0, 0.1) is 0 Å². The average Bonchev–Trinajstić information content (AvgIpc) is 2.56. The van der Waals surface area contributed by atoms with E-state index < -0.39 is 0 Å². The molecule has 0 bridgehead atoms. The Morgan fingerprint density at radius 1 is 1.27 bits per heavy atom. The van der Waals surface area contributed by atoms with Crippen molar-refractivity contribution < 1.29 is 0 Å². The Morgan fingerprint density at radius 2 is 2.00 bits per heavy atom. The zero-order valence-electron chi connectivity index (χ0n) is 9.11. The summed E-state index contributed by atoms with van der Waals surface area (Å²) in [7, 11) is 0. The van der Waals surface area contributed by atoms with E-state index >= 15 is 0 Å². The van der Waals surface area contributed by atoms with Gasteiger partial charge in [-0.25, -0.2) is 15.0 Å². The molecule has 15 heavy (non-hydrogen) atoms. The summed E-state index contributed by atoms with van der Waals surface area (Å²) in [5, 5.41) is 4.42. The molecule has 0 spiro atoms. The van der Waals surface area contributed by atoms with E-state index in [1.165, 1.54) is 0 Å². The summed E-state index contributed by atoms with van der Waals surface area (Å²) >= 11 is 1.59. The van der Waals surface area contributed by atoms with Gasteiger partial charge in [-0.15, -0.1) is 0 Å². The quantitative estimate of drug-likeness (QED) is 0.844. The highest BCUT2D eigenvalue weighted by Gasteiger charge is 2.11. The Labute approximate surface area is 92.8 Å². The lowest BCUT2D eigenvalue weighted by Crippen LogP contribution is -2.34. The third-order valence-corrected chi connectivity index (χ3v) is 2.81. The van der Waals surface area contributed by atoms with Gasteiger partial charge >= 0.3 is 0 Å². The van der Waals surface area contributed by atoms with E-state index in [4.69, 9.17) is 0 Å². The van der Waals surface area contributed by atoms with Crippen molar-refractivity contribution in [2.75, 3.05) is 0 Å². The summed E-state index contributed by atoms with van der Waals surface area (Å²) in [6.07, 6.45) is 3.37. The monoisotopic (exact) mass is 222 g/mol. The van der Waals surface area contributed by atoms with E-state index in [1.807, 2.05) is 0 Å². The average molecular weight is 222 g/mol. The van der Waals surface area contributed by atoms with E-state index in [9.17, 15) is 0 Å². The zero-order valence-corrected chi connectivity index (χ0v) is 9.93. The normalized spacial score (nSPS) is 12.2. The highest BCUT2D eigenvalue weighted by Crippen LogP contribution is 2.17. The minimum Gasteiger partial charge on any atom is -0.306 e. The summed E-state index contributed by atoms with van der Waals surface area (Å²) in [6.45, 7) is 7.18. The maximum absolute atomic E-state index is 4.40. The molecule has 80 valence electrons. The standard InChI is InChI=1S/C10H14N4S/c1-10(2,3)13-6-7-14-8-9(15-7)12-5-4-11-8/h4-5,13H,6H2,1-3H3. The predicted molar refractivity (Wildman–Crippen MR) is 61.8 cm³/mol. The van der Waals surface area contributed by atoms with E-state index in [-0.39, 0.29) is 5.54 Å². The van der Waals surface area contributed by atoms with Crippen molar-refractivity contribution in [3.63, 3.8) is 0 Å². The zero-order chi connectivity index (χ0) is 10.9. The molecule has 5 heteroatoms. The van der Waals surface area contributed by atoms with Crippen LogP contribution in [0.3, 0.4) is 0 Å². The summed E-state index contributed by atoms with van der Waals surface area (Å²) in [4.78, 5) is 13.7. The van der Waals surface area contributed by atoms with Crippen molar-refractivity contribution in [3.8, 4) is 0 Å². The first-order valence-electron chi connectivity index (χ1n) is 4.86. The maximum Gasteiger partial charge on any atom is 0.189 e. The van der Waals surface area contributed by atoms with Crippen LogP contribution in [0.1, 0.15) is 25.8 Å². The molecule has 2 rings (SSSR count). The number of thiazole rings is 1. The molecule has 0 aliphatic carbocycles. The van der Waals surface area contributed by atoms with Gasteiger partial charge in [0.1, 0.15) is 5.01 Å². The Kier molecular flexibility index (Phi) is 2.67. The van der Waals surface area contributed by atoms with Gasteiger partial charge in [0, 0.05) is 24.5 Å². The minimum absolute atomic E-state index is 0.110. The van der Waals surface area contributed by atoms with Crippen LogP contribution in [-0.2, 0) is 6.54 Å². The molecule has 0 atom stereocenters. The van der Waals surface area contributed by atoms with Gasteiger partial charge in [-0.3, -0.25) is 0 Å². The third-order valence-electron chi connectivity index (χ3n) is 1.86. The molecule has 2 heterocycles. The molecule has 1 N–H and O–H groups in total. The van der Waals surface area contributed by atoms with E-state index in [0.29, 0.717) is 0 Å². The van der Waals surface area contributed by atoms with Gasteiger partial charge in [-0.1, -0.05) is 11.3 Å². The van der Waals surface area contributed by atoms with Crippen molar-refractivity contribution in [2.24, 2.45) is 0 Å². The van der Waals surface area contributed by atoms with Crippen LogP contribution in [0.5, 0.6) is 0 Å². The molecule has 0 aliphatic heterocycles. The van der Waals surface area contributed by atoms with Crippen LogP contribution in [0.25, 0.3) is 10.5 Å². The number of aromatic nitrogens is 3. The fraction of sp³-hybridized carbons (Fsp3) is 0.500. The minimum atomic E-state index is 0.110. The summed E-state index contributed by atoms with van der Waals surface area (Å²) in [5.41, 5.74) is 0.854. The molecule has 4 nitrogen and oxygen atoms in total. The first kappa shape index (κ1) is 10.4. The van der Waals surface area contributed by atoms with Gasteiger partial charge in [0.05, 0.1) is 0 Å². The lowest BCUT2D eigenvalue weighted by atomic mass is 10.1. The lowest BCUT2D eigenvalue weighted by molar-refractivity contribution is 0.424. The highest BCUT2D eigenvalue weighted by molar-refractivity contribution is 7.18. The summed E-state index contributed by atoms with van der Waals surface area (Å²) < 4.78 is 0. The van der Waals surface area contributed by atoms with Gasteiger partial charge in [-0.2, -0.15) is 0 Å². The van der Waals surface area contributed by atoms with Crippen LogP contribution in [-0.4, -0.2) is 20.5 Å². The predicted octanol–water partition coefficient (Wildman–Crippen LogP) is 1.97. The van der Waals surface area contributed by atoms with Crippen molar-refractivity contribution >= 4 is 21.8 Å². The largest absolute Gasteiger partial charge is 0.306 e. The number of nitrogens with one attached hydrogen (secondary N) is 1. The second kappa shape index (κ2) is 3.83. The SMILES string of the molecule is CC(C)(C)NCc1nc2nccnc2s1.